The maximum absolute atomic E-state index is 10.6. The minimum atomic E-state index is -0.427. The molecule has 0 spiro atoms. The van der Waals surface area contributed by atoms with E-state index in [1.165, 1.54) is 17.7 Å². The van der Waals surface area contributed by atoms with Gasteiger partial charge < -0.3 is 10.1 Å². The quantitative estimate of drug-likeness (QED) is 0.504. The lowest BCUT2D eigenvalue weighted by molar-refractivity contribution is -0.384. The number of nitrogens with zero attached hydrogens (tertiary/aromatic N) is 1. The topological polar surface area (TPSA) is 64.4 Å². The Morgan fingerprint density at radius 3 is 2.36 bits per heavy atom. The first-order chi connectivity index (χ1) is 10.6. The molecule has 2 rings (SSSR count). The van der Waals surface area contributed by atoms with Crippen LogP contribution in [0.2, 0.25) is 0 Å². The van der Waals surface area contributed by atoms with Crippen LogP contribution >= 0.6 is 12.2 Å². The Hall–Kier alpha value is -2.47. The average molecular weight is 316 g/mol. The van der Waals surface area contributed by atoms with Crippen molar-refractivity contribution in [2.75, 3.05) is 13.7 Å². The largest absolute Gasteiger partial charge is 0.497 e. The molecule has 1 N–H and O–H groups in total. The van der Waals surface area contributed by atoms with Gasteiger partial charge in [-0.3, -0.25) is 10.1 Å². The summed E-state index contributed by atoms with van der Waals surface area (Å²) in [5, 5.41) is 13.8. The highest BCUT2D eigenvalue weighted by Gasteiger charge is 2.06. The van der Waals surface area contributed by atoms with Crippen molar-refractivity contribution in [3.63, 3.8) is 0 Å². The first-order valence-corrected chi connectivity index (χ1v) is 7.16. The van der Waals surface area contributed by atoms with Gasteiger partial charge in [-0.2, -0.15) is 0 Å². The molecule has 0 aliphatic carbocycles. The zero-order valence-electron chi connectivity index (χ0n) is 12.1. The number of ether oxygens (including phenoxy) is 1. The zero-order chi connectivity index (χ0) is 15.9. The van der Waals surface area contributed by atoms with Gasteiger partial charge in [0.15, 0.2) is 0 Å². The van der Waals surface area contributed by atoms with E-state index in [1.807, 2.05) is 24.3 Å². The summed E-state index contributed by atoms with van der Waals surface area (Å²) in [6.07, 6.45) is 0.830. The molecule has 0 atom stereocenters. The molecular weight excluding hydrogens is 300 g/mol. The molecule has 0 aliphatic rings. The molecule has 0 radical (unpaired) electrons. The van der Waals surface area contributed by atoms with Crippen LogP contribution in [-0.4, -0.2) is 23.6 Å². The van der Waals surface area contributed by atoms with Crippen molar-refractivity contribution in [2.24, 2.45) is 0 Å². The van der Waals surface area contributed by atoms with Crippen LogP contribution in [0.4, 0.5) is 5.69 Å². The van der Waals surface area contributed by atoms with Crippen LogP contribution in [0.1, 0.15) is 11.1 Å². The highest BCUT2D eigenvalue weighted by Crippen LogP contribution is 2.13. The van der Waals surface area contributed by atoms with E-state index in [-0.39, 0.29) is 5.69 Å². The molecule has 114 valence electrons. The van der Waals surface area contributed by atoms with Gasteiger partial charge in [0.05, 0.1) is 12.0 Å². The SMILES string of the molecule is COc1ccc(CCNC(=S)c2ccc([N+](=O)[O-])cc2)cc1. The number of nitro benzene ring substituents is 1. The standard InChI is InChI=1S/C16H16N2O3S/c1-21-15-8-2-12(3-9-15)10-11-17-16(22)13-4-6-14(7-5-13)18(19)20/h2-9H,10-11H2,1H3,(H,17,22). The van der Waals surface area contributed by atoms with Gasteiger partial charge in [0.2, 0.25) is 0 Å². The van der Waals surface area contributed by atoms with Crippen molar-refractivity contribution in [3.8, 4) is 5.75 Å². The summed E-state index contributed by atoms with van der Waals surface area (Å²) in [7, 11) is 1.64. The maximum atomic E-state index is 10.6. The fraction of sp³-hybridized carbons (Fsp3) is 0.188. The number of hydrogen-bond donors (Lipinski definition) is 1. The average Bonchev–Trinajstić information content (AvgIpc) is 2.55. The monoisotopic (exact) mass is 316 g/mol. The molecule has 0 fully saturated rings. The van der Waals surface area contributed by atoms with Gasteiger partial charge >= 0.3 is 0 Å². The second kappa shape index (κ2) is 7.51. The summed E-state index contributed by atoms with van der Waals surface area (Å²) < 4.78 is 5.11. The number of thiocarbonyl (C=S) groups is 1. The highest BCUT2D eigenvalue weighted by atomic mass is 32.1. The van der Waals surface area contributed by atoms with E-state index in [0.717, 1.165) is 17.7 Å². The van der Waals surface area contributed by atoms with Gasteiger partial charge in [-0.1, -0.05) is 24.4 Å². The van der Waals surface area contributed by atoms with Crippen molar-refractivity contribution < 1.29 is 9.66 Å². The predicted molar refractivity (Wildman–Crippen MR) is 89.5 cm³/mol. The lowest BCUT2D eigenvalue weighted by Crippen LogP contribution is -2.24. The van der Waals surface area contributed by atoms with Crippen molar-refractivity contribution in [1.29, 1.82) is 0 Å². The summed E-state index contributed by atoms with van der Waals surface area (Å²) in [6.45, 7) is 0.697. The van der Waals surface area contributed by atoms with E-state index in [1.54, 1.807) is 19.2 Å². The van der Waals surface area contributed by atoms with Crippen LogP contribution in [0, 0.1) is 10.1 Å². The molecule has 2 aromatic carbocycles. The molecule has 2 aromatic rings. The molecule has 0 bridgehead atoms. The third kappa shape index (κ3) is 4.26. The van der Waals surface area contributed by atoms with Gasteiger partial charge in [-0.05, 0) is 36.2 Å². The van der Waals surface area contributed by atoms with Crippen molar-refractivity contribution in [3.05, 3.63) is 69.8 Å². The number of nitro groups is 1. The Balaban J connectivity index is 1.85. The molecule has 22 heavy (non-hydrogen) atoms. The highest BCUT2D eigenvalue weighted by molar-refractivity contribution is 7.80. The number of rotatable bonds is 6. The molecule has 5 nitrogen and oxygen atoms in total. The van der Waals surface area contributed by atoms with E-state index in [2.05, 4.69) is 5.32 Å². The Morgan fingerprint density at radius 1 is 1.18 bits per heavy atom. The van der Waals surface area contributed by atoms with Crippen LogP contribution < -0.4 is 10.1 Å². The summed E-state index contributed by atoms with van der Waals surface area (Å²) in [4.78, 5) is 10.8. The third-order valence-electron chi connectivity index (χ3n) is 3.20. The Kier molecular flexibility index (Phi) is 5.43. The molecule has 0 heterocycles. The maximum Gasteiger partial charge on any atom is 0.269 e. The van der Waals surface area contributed by atoms with Crippen LogP contribution in [-0.2, 0) is 6.42 Å². The lowest BCUT2D eigenvalue weighted by Gasteiger charge is -2.08. The van der Waals surface area contributed by atoms with Crippen LogP contribution in [0.3, 0.4) is 0 Å². The van der Waals surface area contributed by atoms with Gasteiger partial charge in [0.25, 0.3) is 5.69 Å². The van der Waals surface area contributed by atoms with Crippen molar-refractivity contribution >= 4 is 22.9 Å². The van der Waals surface area contributed by atoms with Gasteiger partial charge in [-0.15, -0.1) is 0 Å². The number of benzene rings is 2. The van der Waals surface area contributed by atoms with Gasteiger partial charge in [-0.25, -0.2) is 0 Å². The Bertz CT molecular complexity index is 654. The van der Waals surface area contributed by atoms with Gasteiger partial charge in [0, 0.05) is 24.2 Å². The van der Waals surface area contributed by atoms with Gasteiger partial charge in [0.1, 0.15) is 10.7 Å². The fourth-order valence-corrected chi connectivity index (χ4v) is 2.19. The van der Waals surface area contributed by atoms with E-state index in [9.17, 15) is 10.1 Å². The second-order valence-corrected chi connectivity index (χ2v) is 5.07. The summed E-state index contributed by atoms with van der Waals surface area (Å²) in [6, 6.07) is 14.1. The van der Waals surface area contributed by atoms with Crippen LogP contribution in [0.5, 0.6) is 5.75 Å². The number of non-ortho nitro benzene ring substituents is 1. The zero-order valence-corrected chi connectivity index (χ0v) is 12.9. The molecule has 0 amide bonds. The summed E-state index contributed by atoms with van der Waals surface area (Å²) in [5.41, 5.74) is 2.01. The first kappa shape index (κ1) is 15.9. The van der Waals surface area contributed by atoms with E-state index in [0.29, 0.717) is 11.5 Å². The number of methoxy groups -OCH3 is 1. The minimum absolute atomic E-state index is 0.0600. The summed E-state index contributed by atoms with van der Waals surface area (Å²) >= 11 is 5.28. The van der Waals surface area contributed by atoms with E-state index in [4.69, 9.17) is 17.0 Å². The van der Waals surface area contributed by atoms with Crippen LogP contribution in [0.25, 0.3) is 0 Å². The van der Waals surface area contributed by atoms with Crippen molar-refractivity contribution in [1.82, 2.24) is 5.32 Å². The molecule has 0 aromatic heterocycles. The molecule has 0 saturated heterocycles. The molecule has 0 unspecified atom stereocenters. The van der Waals surface area contributed by atoms with Crippen LogP contribution in [0.15, 0.2) is 48.5 Å². The predicted octanol–water partition coefficient (Wildman–Crippen LogP) is 3.11. The van der Waals surface area contributed by atoms with E-state index >= 15 is 0 Å². The summed E-state index contributed by atoms with van der Waals surface area (Å²) in [5.74, 6) is 0.832. The lowest BCUT2D eigenvalue weighted by atomic mass is 10.1. The van der Waals surface area contributed by atoms with E-state index < -0.39 is 4.92 Å². The molecule has 6 heteroatoms. The first-order valence-electron chi connectivity index (χ1n) is 6.76. The number of nitrogens with one attached hydrogen (secondary N) is 1. The van der Waals surface area contributed by atoms with Crippen molar-refractivity contribution in [2.45, 2.75) is 6.42 Å². The molecular formula is C16H16N2O3S. The minimum Gasteiger partial charge on any atom is -0.497 e. The Morgan fingerprint density at radius 2 is 1.82 bits per heavy atom. The fourth-order valence-electron chi connectivity index (χ4n) is 1.95. The smallest absolute Gasteiger partial charge is 0.269 e. The molecule has 0 aliphatic heterocycles. The third-order valence-corrected chi connectivity index (χ3v) is 3.58. The molecule has 0 saturated carbocycles. The Labute approximate surface area is 134 Å². The number of hydrogen-bond acceptors (Lipinski definition) is 4. The second-order valence-electron chi connectivity index (χ2n) is 4.66. The normalized spacial score (nSPS) is 10.0.